The van der Waals surface area contributed by atoms with Crippen molar-refractivity contribution in [3.05, 3.63) is 12.7 Å². The Hall–Kier alpha value is -0.590. The summed E-state index contributed by atoms with van der Waals surface area (Å²) in [5, 5.41) is 0. The number of hydrogen-bond donors (Lipinski definition) is 0. The average molecular weight is 88.1 g/mol. The SMILES string of the molecule is C.C.C=CC=O. The lowest BCUT2D eigenvalue weighted by Crippen LogP contribution is -1.44. The van der Waals surface area contributed by atoms with E-state index in [4.69, 9.17) is 4.79 Å². The molecule has 0 bridgehead atoms. The Balaban J connectivity index is -0.0000000450. The van der Waals surface area contributed by atoms with E-state index < -0.39 is 0 Å². The minimum Gasteiger partial charge on any atom is -0.299 e. The van der Waals surface area contributed by atoms with E-state index in [0.29, 0.717) is 6.29 Å². The molecule has 0 aliphatic carbocycles. The quantitative estimate of drug-likeness (QED) is 0.352. The van der Waals surface area contributed by atoms with Crippen LogP contribution in [0, 0.1) is 0 Å². The average Bonchev–Trinajstić information content (AvgIpc) is 1.37. The molecule has 38 valence electrons. The summed E-state index contributed by atoms with van der Waals surface area (Å²) in [5.74, 6) is 0. The maximum Gasteiger partial charge on any atom is 0.142 e. The van der Waals surface area contributed by atoms with Gasteiger partial charge in [0.05, 0.1) is 0 Å². The largest absolute Gasteiger partial charge is 0.299 e. The number of carbonyl (C=O) groups excluding carboxylic acids is 1. The normalized spacial score (nSPS) is 3.33. The maximum atomic E-state index is 9.06. The van der Waals surface area contributed by atoms with Crippen molar-refractivity contribution in [2.75, 3.05) is 0 Å². The van der Waals surface area contributed by atoms with E-state index >= 15 is 0 Å². The van der Waals surface area contributed by atoms with Crippen LogP contribution in [0.3, 0.4) is 0 Å². The van der Waals surface area contributed by atoms with Crippen molar-refractivity contribution in [2.45, 2.75) is 14.9 Å². The molecule has 0 aromatic heterocycles. The van der Waals surface area contributed by atoms with Crippen molar-refractivity contribution in [1.29, 1.82) is 0 Å². The zero-order valence-corrected chi connectivity index (χ0v) is 2.27. The van der Waals surface area contributed by atoms with Crippen LogP contribution < -0.4 is 0 Å². The van der Waals surface area contributed by atoms with E-state index in [-0.39, 0.29) is 14.9 Å². The summed E-state index contributed by atoms with van der Waals surface area (Å²) >= 11 is 0. The Morgan fingerprint density at radius 2 is 1.50 bits per heavy atom. The lowest BCUT2D eigenvalue weighted by molar-refractivity contribution is -0.104. The molecule has 0 radical (unpaired) electrons. The number of carbonyl (C=O) groups is 1. The van der Waals surface area contributed by atoms with Gasteiger partial charge in [0.25, 0.3) is 0 Å². The van der Waals surface area contributed by atoms with E-state index in [2.05, 4.69) is 6.58 Å². The minimum atomic E-state index is 0. The van der Waals surface area contributed by atoms with Crippen molar-refractivity contribution in [1.82, 2.24) is 0 Å². The van der Waals surface area contributed by atoms with E-state index in [1.165, 1.54) is 6.08 Å². The molecule has 1 nitrogen and oxygen atoms in total. The molecule has 0 fully saturated rings. The zero-order valence-electron chi connectivity index (χ0n) is 2.27. The Kier molecular flexibility index (Phi) is 77.9. The number of aldehydes is 1. The molecule has 0 saturated carbocycles. The van der Waals surface area contributed by atoms with Crippen LogP contribution in [0.5, 0.6) is 0 Å². The van der Waals surface area contributed by atoms with Gasteiger partial charge in [0.2, 0.25) is 0 Å². The second-order valence-electron chi connectivity index (χ2n) is 0.372. The third-order valence-corrected chi connectivity index (χ3v) is 0.0962. The van der Waals surface area contributed by atoms with E-state index in [0.717, 1.165) is 0 Å². The van der Waals surface area contributed by atoms with Crippen LogP contribution in [-0.2, 0) is 4.79 Å². The highest BCUT2D eigenvalue weighted by Crippen LogP contribution is 1.35. The van der Waals surface area contributed by atoms with Crippen LogP contribution in [0.2, 0.25) is 0 Å². The number of rotatable bonds is 1. The standard InChI is InChI=1S/C3H4O.2CH4/c1-2-3-4;;/h2-3H,1H2;2*1H4. The van der Waals surface area contributed by atoms with Crippen molar-refractivity contribution in [3.8, 4) is 0 Å². The summed E-state index contributed by atoms with van der Waals surface area (Å²) in [6.45, 7) is 3.11. The minimum absolute atomic E-state index is 0. The van der Waals surface area contributed by atoms with Gasteiger partial charge in [0, 0.05) is 0 Å². The predicted molar refractivity (Wildman–Crippen MR) is 29.7 cm³/mol. The van der Waals surface area contributed by atoms with Gasteiger partial charge in [-0.1, -0.05) is 21.4 Å². The predicted octanol–water partition coefficient (Wildman–Crippen LogP) is 1.64. The third-order valence-electron chi connectivity index (χ3n) is 0.0962. The van der Waals surface area contributed by atoms with Gasteiger partial charge in [0.1, 0.15) is 6.29 Å². The van der Waals surface area contributed by atoms with Crippen molar-refractivity contribution >= 4 is 6.29 Å². The van der Waals surface area contributed by atoms with Crippen LogP contribution in [-0.4, -0.2) is 6.29 Å². The molecule has 1 heteroatoms. The molecule has 0 N–H and O–H groups in total. The summed E-state index contributed by atoms with van der Waals surface area (Å²) in [6.07, 6.45) is 1.83. The van der Waals surface area contributed by atoms with Crippen LogP contribution in [0.25, 0.3) is 0 Å². The molecular weight excluding hydrogens is 76.1 g/mol. The Morgan fingerprint density at radius 1 is 1.33 bits per heavy atom. The zero-order chi connectivity index (χ0) is 3.41. The molecule has 0 unspecified atom stereocenters. The molecule has 0 amide bonds. The highest BCUT2D eigenvalue weighted by atomic mass is 16.1. The molecule has 0 saturated heterocycles. The van der Waals surface area contributed by atoms with Gasteiger partial charge in [-0.3, -0.25) is 4.79 Å². The Bertz CT molecular complexity index is 24.9. The van der Waals surface area contributed by atoms with Crippen molar-refractivity contribution in [2.24, 2.45) is 0 Å². The van der Waals surface area contributed by atoms with E-state index in [1.807, 2.05) is 0 Å². The van der Waals surface area contributed by atoms with Crippen LogP contribution in [0.1, 0.15) is 14.9 Å². The molecular formula is C5H12O. The first-order valence-corrected chi connectivity index (χ1v) is 0.977. The monoisotopic (exact) mass is 88.1 g/mol. The number of hydrogen-bond acceptors (Lipinski definition) is 1. The van der Waals surface area contributed by atoms with Gasteiger partial charge in [-0.25, -0.2) is 0 Å². The molecule has 0 aliphatic rings. The summed E-state index contributed by atoms with van der Waals surface area (Å²) in [4.78, 5) is 9.06. The van der Waals surface area contributed by atoms with Crippen LogP contribution in [0.15, 0.2) is 12.7 Å². The van der Waals surface area contributed by atoms with Gasteiger partial charge in [-0.15, -0.1) is 0 Å². The first-order chi connectivity index (χ1) is 1.91. The van der Waals surface area contributed by atoms with E-state index in [9.17, 15) is 0 Å². The fourth-order valence-corrected chi connectivity index (χ4v) is 0. The third kappa shape index (κ3) is 118. The second kappa shape index (κ2) is 25.8. The van der Waals surface area contributed by atoms with Gasteiger partial charge < -0.3 is 0 Å². The lowest BCUT2D eigenvalue weighted by atomic mass is 10.8. The first-order valence-electron chi connectivity index (χ1n) is 0.977. The van der Waals surface area contributed by atoms with Crippen LogP contribution >= 0.6 is 0 Å². The molecule has 0 spiro atoms. The summed E-state index contributed by atoms with van der Waals surface area (Å²) in [5.41, 5.74) is 0. The van der Waals surface area contributed by atoms with Gasteiger partial charge >= 0.3 is 0 Å². The van der Waals surface area contributed by atoms with E-state index in [1.54, 1.807) is 0 Å². The van der Waals surface area contributed by atoms with Crippen LogP contribution in [0.4, 0.5) is 0 Å². The topological polar surface area (TPSA) is 17.1 Å². The van der Waals surface area contributed by atoms with Gasteiger partial charge in [-0.2, -0.15) is 0 Å². The molecule has 6 heavy (non-hydrogen) atoms. The summed E-state index contributed by atoms with van der Waals surface area (Å²) in [7, 11) is 0. The molecule has 0 rings (SSSR count). The maximum absolute atomic E-state index is 9.06. The molecule has 0 aliphatic heterocycles. The first kappa shape index (κ1) is 18.1. The molecule has 0 aromatic rings. The van der Waals surface area contributed by atoms with Crippen molar-refractivity contribution < 1.29 is 4.79 Å². The smallest absolute Gasteiger partial charge is 0.142 e. The summed E-state index contributed by atoms with van der Waals surface area (Å²) in [6, 6.07) is 0. The Labute approximate surface area is 39.7 Å². The molecule has 0 atom stereocenters. The fraction of sp³-hybridized carbons (Fsp3) is 0.400. The van der Waals surface area contributed by atoms with Crippen molar-refractivity contribution in [3.63, 3.8) is 0 Å². The highest BCUT2D eigenvalue weighted by Gasteiger charge is 1.38. The van der Waals surface area contributed by atoms with Gasteiger partial charge in [-0.05, 0) is 6.08 Å². The molecule has 0 heterocycles. The summed E-state index contributed by atoms with van der Waals surface area (Å²) < 4.78 is 0. The lowest BCUT2D eigenvalue weighted by Gasteiger charge is -1.37. The highest BCUT2D eigenvalue weighted by molar-refractivity contribution is 5.63. The molecule has 0 aromatic carbocycles. The Morgan fingerprint density at radius 3 is 1.50 bits per heavy atom. The fourth-order valence-electron chi connectivity index (χ4n) is 0. The second-order valence-corrected chi connectivity index (χ2v) is 0.372. The number of allylic oxidation sites excluding steroid dienone is 1. The van der Waals surface area contributed by atoms with Gasteiger partial charge in [0.15, 0.2) is 0 Å².